The summed E-state index contributed by atoms with van der Waals surface area (Å²) >= 11 is 0. The molecule has 1 heterocycles. The molecule has 1 saturated heterocycles. The molecule has 1 aliphatic heterocycles. The van der Waals surface area contributed by atoms with Crippen molar-refractivity contribution < 1.29 is 9.53 Å². The van der Waals surface area contributed by atoms with Gasteiger partial charge in [-0.3, -0.25) is 4.79 Å². The highest BCUT2D eigenvalue weighted by Gasteiger charge is 2.08. The van der Waals surface area contributed by atoms with Gasteiger partial charge in [-0.05, 0) is 70.4 Å². The maximum atomic E-state index is 11.6. The first-order valence-corrected chi connectivity index (χ1v) is 11.4. The van der Waals surface area contributed by atoms with Crippen molar-refractivity contribution in [1.82, 2.24) is 20.9 Å². The van der Waals surface area contributed by atoms with Crippen LogP contribution in [0.2, 0.25) is 0 Å². The van der Waals surface area contributed by atoms with Crippen LogP contribution in [-0.4, -0.2) is 62.6 Å². The number of nitrogens with zero attached hydrogens (tertiary/aromatic N) is 2. The molecule has 1 amide bonds. The molecule has 0 spiro atoms. The molecule has 7 nitrogen and oxygen atoms in total. The van der Waals surface area contributed by atoms with E-state index < -0.39 is 0 Å². The number of hydrogen-bond acceptors (Lipinski definition) is 4. The maximum absolute atomic E-state index is 11.6. The van der Waals surface area contributed by atoms with Gasteiger partial charge < -0.3 is 25.6 Å². The second-order valence-corrected chi connectivity index (χ2v) is 7.62. The minimum Gasteiger partial charge on any atom is -0.484 e. The number of likely N-dealkylation sites (tertiary alicyclic amines) is 1. The molecule has 176 valence electrons. The fourth-order valence-corrected chi connectivity index (χ4v) is 3.51. The normalized spacial score (nSPS) is 14.8. The van der Waals surface area contributed by atoms with Crippen LogP contribution in [0.15, 0.2) is 29.3 Å². The SMILES string of the molecule is CCNC(=O)COc1cccc(CN=C(NCC)NCCCN2CCCCCC2)c1.I. The smallest absolute Gasteiger partial charge is 0.257 e. The molecule has 1 aromatic carbocycles. The monoisotopic (exact) mass is 545 g/mol. The van der Waals surface area contributed by atoms with Crippen LogP contribution in [0.5, 0.6) is 5.75 Å². The number of hydrogen-bond donors (Lipinski definition) is 3. The standard InChI is InChI=1S/C23H39N5O2.HI/c1-3-24-22(29)19-30-21-12-9-11-20(17-21)18-27-23(25-4-2)26-13-10-16-28-14-7-5-6-8-15-28;/h9,11-12,17H,3-8,10,13-16,18-19H2,1-2H3,(H,24,29)(H2,25,26,27);1H. The number of guanidine groups is 1. The number of amides is 1. The molecule has 2 rings (SSSR count). The topological polar surface area (TPSA) is 78.0 Å². The highest BCUT2D eigenvalue weighted by Crippen LogP contribution is 2.14. The second-order valence-electron chi connectivity index (χ2n) is 7.62. The van der Waals surface area contributed by atoms with E-state index in [-0.39, 0.29) is 36.5 Å². The quantitative estimate of drug-likeness (QED) is 0.173. The van der Waals surface area contributed by atoms with Crippen LogP contribution in [0, 0.1) is 0 Å². The fraction of sp³-hybridized carbons (Fsp3) is 0.652. The predicted octanol–water partition coefficient (Wildman–Crippen LogP) is 3.14. The number of nitrogens with one attached hydrogen (secondary N) is 3. The van der Waals surface area contributed by atoms with Gasteiger partial charge in [0.05, 0.1) is 6.54 Å². The third-order valence-corrected chi connectivity index (χ3v) is 5.05. The van der Waals surface area contributed by atoms with Crippen molar-refractivity contribution in [2.45, 2.75) is 52.5 Å². The Hall–Kier alpha value is -1.55. The highest BCUT2D eigenvalue weighted by molar-refractivity contribution is 14.0. The van der Waals surface area contributed by atoms with Crippen molar-refractivity contribution in [3.05, 3.63) is 29.8 Å². The van der Waals surface area contributed by atoms with Gasteiger partial charge in [-0.25, -0.2) is 4.99 Å². The molecule has 1 aromatic rings. The Morgan fingerprint density at radius 3 is 2.52 bits per heavy atom. The second kappa shape index (κ2) is 17.1. The molecule has 3 N–H and O–H groups in total. The number of carbonyl (C=O) groups is 1. The maximum Gasteiger partial charge on any atom is 0.257 e. The van der Waals surface area contributed by atoms with Crippen molar-refractivity contribution in [3.8, 4) is 5.75 Å². The summed E-state index contributed by atoms with van der Waals surface area (Å²) in [6.07, 6.45) is 6.55. The van der Waals surface area contributed by atoms with Gasteiger partial charge in [-0.1, -0.05) is 25.0 Å². The van der Waals surface area contributed by atoms with E-state index in [0.717, 1.165) is 37.6 Å². The molecule has 0 radical (unpaired) electrons. The molecule has 0 atom stereocenters. The molecule has 0 aliphatic carbocycles. The molecule has 8 heteroatoms. The Morgan fingerprint density at radius 2 is 1.81 bits per heavy atom. The molecular weight excluding hydrogens is 505 g/mol. The lowest BCUT2D eigenvalue weighted by atomic mass is 10.2. The number of halogens is 1. The van der Waals surface area contributed by atoms with E-state index in [0.29, 0.717) is 18.8 Å². The van der Waals surface area contributed by atoms with Gasteiger partial charge in [-0.2, -0.15) is 0 Å². The summed E-state index contributed by atoms with van der Waals surface area (Å²) in [5, 5.41) is 9.48. The van der Waals surface area contributed by atoms with Crippen LogP contribution < -0.4 is 20.7 Å². The van der Waals surface area contributed by atoms with Crippen LogP contribution in [0.3, 0.4) is 0 Å². The number of carbonyl (C=O) groups excluding carboxylic acids is 1. The van der Waals surface area contributed by atoms with E-state index in [4.69, 9.17) is 9.73 Å². The molecule has 1 aliphatic rings. The Bertz CT molecular complexity index is 649. The van der Waals surface area contributed by atoms with Gasteiger partial charge in [-0.15, -0.1) is 24.0 Å². The third kappa shape index (κ3) is 12.2. The zero-order valence-electron chi connectivity index (χ0n) is 19.1. The van der Waals surface area contributed by atoms with E-state index in [9.17, 15) is 4.79 Å². The highest BCUT2D eigenvalue weighted by atomic mass is 127. The first-order chi connectivity index (χ1) is 14.7. The first-order valence-electron chi connectivity index (χ1n) is 11.4. The van der Waals surface area contributed by atoms with Crippen LogP contribution in [0.1, 0.15) is 51.5 Å². The van der Waals surface area contributed by atoms with Crippen molar-refractivity contribution in [3.63, 3.8) is 0 Å². The van der Waals surface area contributed by atoms with Gasteiger partial charge >= 0.3 is 0 Å². The zero-order valence-corrected chi connectivity index (χ0v) is 21.5. The van der Waals surface area contributed by atoms with Gasteiger partial charge in [0.15, 0.2) is 12.6 Å². The van der Waals surface area contributed by atoms with E-state index in [1.54, 1.807) is 0 Å². The van der Waals surface area contributed by atoms with Gasteiger partial charge in [0.2, 0.25) is 0 Å². The summed E-state index contributed by atoms with van der Waals surface area (Å²) in [6.45, 7) is 10.5. The number of aliphatic imine (C=N–C) groups is 1. The minimum absolute atomic E-state index is 0. The molecule has 0 bridgehead atoms. The Labute approximate surface area is 204 Å². The summed E-state index contributed by atoms with van der Waals surface area (Å²) in [6, 6.07) is 7.75. The lowest BCUT2D eigenvalue weighted by molar-refractivity contribution is -0.122. The summed E-state index contributed by atoms with van der Waals surface area (Å²) in [5.41, 5.74) is 1.05. The van der Waals surface area contributed by atoms with Gasteiger partial charge in [0.1, 0.15) is 5.75 Å². The average Bonchev–Trinajstić information content (AvgIpc) is 3.03. The average molecular weight is 546 g/mol. The Morgan fingerprint density at radius 1 is 1.06 bits per heavy atom. The number of ether oxygens (including phenoxy) is 1. The lowest BCUT2D eigenvalue weighted by Crippen LogP contribution is -2.39. The van der Waals surface area contributed by atoms with Crippen LogP contribution in [0.25, 0.3) is 0 Å². The summed E-state index contributed by atoms with van der Waals surface area (Å²) in [4.78, 5) is 18.8. The number of benzene rings is 1. The molecule has 0 saturated carbocycles. The zero-order chi connectivity index (χ0) is 21.4. The first kappa shape index (κ1) is 27.5. The van der Waals surface area contributed by atoms with E-state index in [1.165, 1.54) is 38.8 Å². The van der Waals surface area contributed by atoms with E-state index >= 15 is 0 Å². The summed E-state index contributed by atoms with van der Waals surface area (Å²) in [7, 11) is 0. The van der Waals surface area contributed by atoms with Crippen molar-refractivity contribution in [1.29, 1.82) is 0 Å². The largest absolute Gasteiger partial charge is 0.484 e. The van der Waals surface area contributed by atoms with Crippen LogP contribution in [0.4, 0.5) is 0 Å². The van der Waals surface area contributed by atoms with E-state index in [1.807, 2.05) is 31.2 Å². The molecule has 1 fully saturated rings. The van der Waals surface area contributed by atoms with Gasteiger partial charge in [0.25, 0.3) is 5.91 Å². The molecule has 0 aromatic heterocycles. The van der Waals surface area contributed by atoms with Crippen LogP contribution in [-0.2, 0) is 11.3 Å². The fourth-order valence-electron chi connectivity index (χ4n) is 3.51. The Balaban J connectivity index is 0.00000480. The van der Waals surface area contributed by atoms with Crippen LogP contribution >= 0.6 is 24.0 Å². The third-order valence-electron chi connectivity index (χ3n) is 5.05. The van der Waals surface area contributed by atoms with Crippen molar-refractivity contribution in [2.24, 2.45) is 4.99 Å². The molecular formula is C23H40IN5O2. The van der Waals surface area contributed by atoms with Gasteiger partial charge in [0, 0.05) is 19.6 Å². The van der Waals surface area contributed by atoms with Crippen molar-refractivity contribution >= 4 is 35.8 Å². The summed E-state index contributed by atoms with van der Waals surface area (Å²) in [5.74, 6) is 1.41. The lowest BCUT2D eigenvalue weighted by Gasteiger charge is -2.20. The molecule has 31 heavy (non-hydrogen) atoms. The van der Waals surface area contributed by atoms with Crippen molar-refractivity contribution in [2.75, 3.05) is 45.9 Å². The Kier molecular flexibility index (Phi) is 15.1. The van der Waals surface area contributed by atoms with E-state index in [2.05, 4.69) is 27.8 Å². The minimum atomic E-state index is -0.111. The molecule has 0 unspecified atom stereocenters. The number of likely N-dealkylation sites (N-methyl/N-ethyl adjacent to an activating group) is 1. The predicted molar refractivity (Wildman–Crippen MR) is 138 cm³/mol. The number of rotatable bonds is 11. The summed E-state index contributed by atoms with van der Waals surface area (Å²) < 4.78 is 5.56.